The van der Waals surface area contributed by atoms with E-state index in [1.165, 1.54) is 0 Å². The molecule has 4 aromatic rings. The number of carbonyl (C=O) groups excluding carboxylic acids is 1. The second-order valence-electron chi connectivity index (χ2n) is 6.70. The zero-order valence-electron chi connectivity index (χ0n) is 16.7. The van der Waals surface area contributed by atoms with Gasteiger partial charge < -0.3 is 14.8 Å². The molecule has 0 saturated carbocycles. The van der Waals surface area contributed by atoms with Gasteiger partial charge in [-0.3, -0.25) is 4.79 Å². The van der Waals surface area contributed by atoms with Gasteiger partial charge in [0.2, 0.25) is 5.88 Å². The van der Waals surface area contributed by atoms with Crippen molar-refractivity contribution in [2.75, 3.05) is 6.61 Å². The molecule has 0 aliphatic heterocycles. The van der Waals surface area contributed by atoms with Gasteiger partial charge in [0, 0.05) is 24.4 Å². The van der Waals surface area contributed by atoms with Crippen LogP contribution in [0, 0.1) is 0 Å². The summed E-state index contributed by atoms with van der Waals surface area (Å²) in [7, 11) is 0. The Morgan fingerprint density at radius 1 is 0.900 bits per heavy atom. The van der Waals surface area contributed by atoms with Gasteiger partial charge >= 0.3 is 0 Å². The molecule has 0 bridgehead atoms. The number of benzene rings is 3. The average molecular weight is 398 g/mol. The Morgan fingerprint density at radius 2 is 1.67 bits per heavy atom. The van der Waals surface area contributed by atoms with Crippen LogP contribution in [0.25, 0.3) is 10.8 Å². The van der Waals surface area contributed by atoms with E-state index < -0.39 is 0 Å². The first kappa shape index (κ1) is 19.5. The van der Waals surface area contributed by atoms with Gasteiger partial charge in [0.05, 0.1) is 6.61 Å². The number of aromatic nitrogens is 1. The third-order valence-corrected chi connectivity index (χ3v) is 4.65. The molecule has 1 amide bonds. The smallest absolute Gasteiger partial charge is 0.252 e. The SMILES string of the molecule is CCOc1ccccc1Oc1ccc(CNC(=O)c2cccc3ccccc23)cn1. The molecule has 0 aliphatic carbocycles. The third kappa shape index (κ3) is 4.41. The number of amides is 1. The number of ether oxygens (including phenoxy) is 2. The Labute approximate surface area is 175 Å². The van der Waals surface area contributed by atoms with Crippen molar-refractivity contribution in [1.82, 2.24) is 10.3 Å². The molecule has 0 unspecified atom stereocenters. The number of nitrogens with one attached hydrogen (secondary N) is 1. The molecule has 1 aromatic heterocycles. The molecule has 0 atom stereocenters. The average Bonchev–Trinajstić information content (AvgIpc) is 2.79. The largest absolute Gasteiger partial charge is 0.490 e. The Bertz CT molecular complexity index is 1150. The molecule has 30 heavy (non-hydrogen) atoms. The lowest BCUT2D eigenvalue weighted by molar-refractivity contribution is 0.0952. The van der Waals surface area contributed by atoms with Crippen LogP contribution in [-0.4, -0.2) is 17.5 Å². The van der Waals surface area contributed by atoms with Gasteiger partial charge in [-0.1, -0.05) is 54.6 Å². The molecule has 5 heteroatoms. The Morgan fingerprint density at radius 3 is 2.47 bits per heavy atom. The van der Waals surface area contributed by atoms with E-state index in [2.05, 4.69) is 10.3 Å². The lowest BCUT2D eigenvalue weighted by Crippen LogP contribution is -2.23. The molecule has 0 spiro atoms. The Balaban J connectivity index is 1.41. The maximum atomic E-state index is 12.7. The number of para-hydroxylation sites is 2. The van der Waals surface area contributed by atoms with E-state index >= 15 is 0 Å². The van der Waals surface area contributed by atoms with Gasteiger partial charge in [-0.2, -0.15) is 0 Å². The second kappa shape index (κ2) is 9.09. The van der Waals surface area contributed by atoms with Gasteiger partial charge in [-0.15, -0.1) is 0 Å². The Kier molecular flexibility index (Phi) is 5.90. The fourth-order valence-corrected chi connectivity index (χ4v) is 3.20. The number of carbonyl (C=O) groups is 1. The zero-order chi connectivity index (χ0) is 20.8. The molecule has 0 fully saturated rings. The molecule has 5 nitrogen and oxygen atoms in total. The lowest BCUT2D eigenvalue weighted by Gasteiger charge is -2.11. The van der Waals surface area contributed by atoms with Gasteiger partial charge in [-0.25, -0.2) is 4.98 Å². The highest BCUT2D eigenvalue weighted by Gasteiger charge is 2.10. The van der Waals surface area contributed by atoms with Gasteiger partial charge in [0.15, 0.2) is 11.5 Å². The number of pyridine rings is 1. The van der Waals surface area contributed by atoms with Crippen LogP contribution >= 0.6 is 0 Å². The first-order valence-electron chi connectivity index (χ1n) is 9.85. The van der Waals surface area contributed by atoms with Crippen LogP contribution in [0.15, 0.2) is 85.1 Å². The van der Waals surface area contributed by atoms with E-state index in [1.807, 2.05) is 79.7 Å². The van der Waals surface area contributed by atoms with Crippen LogP contribution in [0.4, 0.5) is 0 Å². The quantitative estimate of drug-likeness (QED) is 0.455. The summed E-state index contributed by atoms with van der Waals surface area (Å²) in [4.78, 5) is 17.0. The molecule has 4 rings (SSSR count). The van der Waals surface area contributed by atoms with Crippen molar-refractivity contribution >= 4 is 16.7 Å². The minimum absolute atomic E-state index is 0.113. The van der Waals surface area contributed by atoms with Crippen LogP contribution in [0.5, 0.6) is 17.4 Å². The summed E-state index contributed by atoms with van der Waals surface area (Å²) in [5.41, 5.74) is 1.54. The van der Waals surface area contributed by atoms with E-state index in [0.29, 0.717) is 36.1 Å². The number of hydrogen-bond donors (Lipinski definition) is 1. The van der Waals surface area contributed by atoms with E-state index in [1.54, 1.807) is 12.3 Å². The van der Waals surface area contributed by atoms with E-state index in [4.69, 9.17) is 9.47 Å². The van der Waals surface area contributed by atoms with Gasteiger partial charge in [-0.05, 0) is 41.5 Å². The van der Waals surface area contributed by atoms with Crippen molar-refractivity contribution < 1.29 is 14.3 Å². The van der Waals surface area contributed by atoms with Crippen molar-refractivity contribution in [2.24, 2.45) is 0 Å². The fourth-order valence-electron chi connectivity index (χ4n) is 3.20. The van der Waals surface area contributed by atoms with E-state index in [9.17, 15) is 4.79 Å². The minimum atomic E-state index is -0.113. The second-order valence-corrected chi connectivity index (χ2v) is 6.70. The highest BCUT2D eigenvalue weighted by molar-refractivity contribution is 6.06. The lowest BCUT2D eigenvalue weighted by atomic mass is 10.0. The number of nitrogens with zero attached hydrogens (tertiary/aromatic N) is 1. The van der Waals surface area contributed by atoms with Gasteiger partial charge in [0.25, 0.3) is 5.91 Å². The summed E-state index contributed by atoms with van der Waals surface area (Å²) in [6, 6.07) is 24.7. The number of hydrogen-bond acceptors (Lipinski definition) is 4. The fraction of sp³-hybridized carbons (Fsp3) is 0.120. The molecule has 1 heterocycles. The minimum Gasteiger partial charge on any atom is -0.490 e. The van der Waals surface area contributed by atoms with E-state index in [0.717, 1.165) is 16.3 Å². The van der Waals surface area contributed by atoms with Crippen molar-refractivity contribution in [3.8, 4) is 17.4 Å². The van der Waals surface area contributed by atoms with Crippen LogP contribution in [0.2, 0.25) is 0 Å². The normalized spacial score (nSPS) is 10.6. The first-order valence-corrected chi connectivity index (χ1v) is 9.85. The van der Waals surface area contributed by atoms with Crippen molar-refractivity contribution in [3.05, 3.63) is 96.2 Å². The summed E-state index contributed by atoms with van der Waals surface area (Å²) in [6.07, 6.45) is 1.70. The van der Waals surface area contributed by atoms with Gasteiger partial charge in [0.1, 0.15) is 0 Å². The van der Waals surface area contributed by atoms with Crippen LogP contribution in [0.3, 0.4) is 0 Å². The van der Waals surface area contributed by atoms with Crippen LogP contribution in [-0.2, 0) is 6.54 Å². The van der Waals surface area contributed by atoms with Crippen LogP contribution in [0.1, 0.15) is 22.8 Å². The van der Waals surface area contributed by atoms with Crippen molar-refractivity contribution in [3.63, 3.8) is 0 Å². The van der Waals surface area contributed by atoms with Crippen LogP contribution < -0.4 is 14.8 Å². The Hall–Kier alpha value is -3.86. The number of fused-ring (bicyclic) bond motifs is 1. The third-order valence-electron chi connectivity index (χ3n) is 4.65. The molecule has 150 valence electrons. The summed E-state index contributed by atoms with van der Waals surface area (Å²) >= 11 is 0. The first-order chi connectivity index (χ1) is 14.7. The molecule has 3 aromatic carbocycles. The predicted molar refractivity (Wildman–Crippen MR) is 117 cm³/mol. The molecule has 0 radical (unpaired) electrons. The van der Waals surface area contributed by atoms with Crippen molar-refractivity contribution in [1.29, 1.82) is 0 Å². The maximum absolute atomic E-state index is 12.7. The highest BCUT2D eigenvalue weighted by atomic mass is 16.5. The summed E-state index contributed by atoms with van der Waals surface area (Å²) in [6.45, 7) is 2.87. The summed E-state index contributed by atoms with van der Waals surface area (Å²) in [5, 5.41) is 4.94. The zero-order valence-corrected chi connectivity index (χ0v) is 16.7. The predicted octanol–water partition coefficient (Wildman–Crippen LogP) is 5.36. The van der Waals surface area contributed by atoms with Crippen molar-refractivity contribution in [2.45, 2.75) is 13.5 Å². The maximum Gasteiger partial charge on any atom is 0.252 e. The molecule has 0 aliphatic rings. The molecule has 1 N–H and O–H groups in total. The van der Waals surface area contributed by atoms with E-state index in [-0.39, 0.29) is 5.91 Å². The topological polar surface area (TPSA) is 60.5 Å². The highest BCUT2D eigenvalue weighted by Crippen LogP contribution is 2.30. The molecular weight excluding hydrogens is 376 g/mol. The monoisotopic (exact) mass is 398 g/mol. The summed E-state index contributed by atoms with van der Waals surface area (Å²) < 4.78 is 11.4. The standard InChI is InChI=1S/C25H22N2O3/c1-2-29-22-12-5-6-13-23(22)30-24-15-14-18(16-26-24)17-27-25(28)21-11-7-9-19-8-3-4-10-20(19)21/h3-16H,2,17H2,1H3,(H,27,28). The summed E-state index contributed by atoms with van der Waals surface area (Å²) in [5.74, 6) is 1.64. The molecule has 0 saturated heterocycles. The molecular formula is C25H22N2O3. The number of rotatable bonds is 7.